The Labute approximate surface area is 125 Å². The van der Waals surface area contributed by atoms with Crippen molar-refractivity contribution in [3.8, 4) is 0 Å². The molecule has 0 unspecified atom stereocenters. The summed E-state index contributed by atoms with van der Waals surface area (Å²) in [5, 5.41) is 4.04. The second-order valence-corrected chi connectivity index (χ2v) is 7.63. The minimum Gasteiger partial charge on any atom is -0.376 e. The molecule has 0 spiro atoms. The molecule has 1 aromatic heterocycles. The van der Waals surface area contributed by atoms with Crippen LogP contribution in [-0.4, -0.2) is 62.0 Å². The number of sulfonamides is 1. The first-order chi connectivity index (χ1) is 9.94. The van der Waals surface area contributed by atoms with Crippen molar-refractivity contribution in [3.05, 3.63) is 12.4 Å². The van der Waals surface area contributed by atoms with Gasteiger partial charge in [0.25, 0.3) is 0 Å². The third-order valence-electron chi connectivity index (χ3n) is 4.48. The molecule has 3 rings (SSSR count). The van der Waals surface area contributed by atoms with Crippen molar-refractivity contribution in [2.75, 3.05) is 20.7 Å². The van der Waals surface area contributed by atoms with E-state index in [0.717, 1.165) is 6.42 Å². The molecule has 0 bridgehead atoms. The predicted octanol–water partition coefficient (Wildman–Crippen LogP) is -0.101. The molecule has 7 nitrogen and oxygen atoms in total. The Morgan fingerprint density at radius 1 is 1.52 bits per heavy atom. The van der Waals surface area contributed by atoms with Gasteiger partial charge in [-0.2, -0.15) is 5.10 Å². The molecule has 2 heterocycles. The lowest BCUT2D eigenvalue weighted by atomic mass is 9.71. The van der Waals surface area contributed by atoms with Gasteiger partial charge in [0, 0.05) is 31.3 Å². The number of fused-ring (bicyclic) bond motifs is 1. The number of hydrogen-bond donors (Lipinski definition) is 1. The van der Waals surface area contributed by atoms with Crippen LogP contribution in [0.2, 0.25) is 0 Å². The van der Waals surface area contributed by atoms with Gasteiger partial charge in [-0.25, -0.2) is 13.1 Å². The Kier molecular flexibility index (Phi) is 3.81. The summed E-state index contributed by atoms with van der Waals surface area (Å²) in [7, 11) is 0.384. The third kappa shape index (κ3) is 2.50. The summed E-state index contributed by atoms with van der Waals surface area (Å²) >= 11 is 0. The van der Waals surface area contributed by atoms with E-state index in [0.29, 0.717) is 13.2 Å². The van der Waals surface area contributed by atoms with E-state index in [1.165, 1.54) is 6.20 Å². The van der Waals surface area contributed by atoms with Crippen molar-refractivity contribution in [2.24, 2.45) is 5.92 Å². The highest BCUT2D eigenvalue weighted by atomic mass is 32.2. The van der Waals surface area contributed by atoms with Crippen molar-refractivity contribution in [1.82, 2.24) is 19.4 Å². The first-order valence-electron chi connectivity index (χ1n) is 7.27. The van der Waals surface area contributed by atoms with Crippen LogP contribution in [0.4, 0.5) is 0 Å². The fourth-order valence-electron chi connectivity index (χ4n) is 3.35. The number of likely N-dealkylation sites (N-methyl/N-ethyl adjacent to an activating group) is 1. The highest BCUT2D eigenvalue weighted by Gasteiger charge is 2.56. The SMILES string of the molecule is CCn1cc(S(=O)(=O)N[C@H]2[C@H]3CCO[C@H]3[C@@H]2N(C)C)cn1. The summed E-state index contributed by atoms with van der Waals surface area (Å²) < 4.78 is 35.2. The van der Waals surface area contributed by atoms with Gasteiger partial charge in [0.2, 0.25) is 10.0 Å². The van der Waals surface area contributed by atoms with Gasteiger partial charge < -0.3 is 9.64 Å². The van der Waals surface area contributed by atoms with Crippen LogP contribution in [0.15, 0.2) is 17.3 Å². The van der Waals surface area contributed by atoms with Gasteiger partial charge in [-0.3, -0.25) is 4.68 Å². The van der Waals surface area contributed by atoms with Crippen LogP contribution in [0.1, 0.15) is 13.3 Å². The molecule has 0 radical (unpaired) electrons. The molecule has 8 heteroatoms. The van der Waals surface area contributed by atoms with Gasteiger partial charge in [0.05, 0.1) is 18.3 Å². The van der Waals surface area contributed by atoms with Crippen LogP contribution >= 0.6 is 0 Å². The molecule has 1 saturated heterocycles. The number of nitrogens with zero attached hydrogens (tertiary/aromatic N) is 3. The monoisotopic (exact) mass is 314 g/mol. The van der Waals surface area contributed by atoms with Crippen LogP contribution in [-0.2, 0) is 21.3 Å². The van der Waals surface area contributed by atoms with E-state index in [9.17, 15) is 8.42 Å². The molecule has 1 aliphatic carbocycles. The van der Waals surface area contributed by atoms with E-state index in [-0.39, 0.29) is 29.0 Å². The average molecular weight is 314 g/mol. The number of aryl methyl sites for hydroxylation is 1. The van der Waals surface area contributed by atoms with Crippen LogP contribution in [0.25, 0.3) is 0 Å². The number of rotatable bonds is 5. The van der Waals surface area contributed by atoms with Crippen LogP contribution < -0.4 is 4.72 Å². The standard InChI is InChI=1S/C13H22N4O3S/c1-4-17-8-9(7-14-17)21(18,19)15-11-10-5-6-20-13(10)12(11)16(2)3/h7-8,10-13,15H,4-6H2,1-3H3/t10-,11+,12-,13-/m1/s1. The highest BCUT2D eigenvalue weighted by Crippen LogP contribution is 2.41. The Balaban J connectivity index is 1.78. The second-order valence-electron chi connectivity index (χ2n) is 5.92. The van der Waals surface area contributed by atoms with E-state index in [1.807, 2.05) is 25.9 Å². The molecule has 1 aliphatic heterocycles. The van der Waals surface area contributed by atoms with Gasteiger partial charge >= 0.3 is 0 Å². The normalized spacial score (nSPS) is 32.2. The van der Waals surface area contributed by atoms with Crippen molar-refractivity contribution in [3.63, 3.8) is 0 Å². The lowest BCUT2D eigenvalue weighted by Gasteiger charge is -2.50. The smallest absolute Gasteiger partial charge is 0.244 e. The molecule has 1 saturated carbocycles. The lowest BCUT2D eigenvalue weighted by molar-refractivity contribution is -0.0626. The number of nitrogens with one attached hydrogen (secondary N) is 1. The van der Waals surface area contributed by atoms with Gasteiger partial charge in [-0.15, -0.1) is 0 Å². The average Bonchev–Trinajstić information content (AvgIpc) is 3.02. The zero-order valence-corrected chi connectivity index (χ0v) is 13.4. The maximum absolute atomic E-state index is 12.5. The molecular weight excluding hydrogens is 292 g/mol. The van der Waals surface area contributed by atoms with Crippen molar-refractivity contribution in [1.29, 1.82) is 0 Å². The molecule has 4 atom stereocenters. The fourth-order valence-corrected chi connectivity index (χ4v) is 4.61. The summed E-state index contributed by atoms with van der Waals surface area (Å²) in [5.74, 6) is 0.272. The van der Waals surface area contributed by atoms with Crippen molar-refractivity contribution in [2.45, 2.75) is 43.0 Å². The quantitative estimate of drug-likeness (QED) is 0.821. The van der Waals surface area contributed by atoms with Crippen LogP contribution in [0, 0.1) is 5.92 Å². The molecule has 118 valence electrons. The third-order valence-corrected chi connectivity index (χ3v) is 5.89. The first kappa shape index (κ1) is 15.0. The molecule has 0 aromatic carbocycles. The topological polar surface area (TPSA) is 76.5 Å². The number of aromatic nitrogens is 2. The fraction of sp³-hybridized carbons (Fsp3) is 0.769. The highest BCUT2D eigenvalue weighted by molar-refractivity contribution is 7.89. The van der Waals surface area contributed by atoms with E-state index in [1.54, 1.807) is 10.9 Å². The Bertz CT molecular complexity index is 613. The minimum atomic E-state index is -3.53. The van der Waals surface area contributed by atoms with Crippen LogP contribution in [0.3, 0.4) is 0 Å². The summed E-state index contributed by atoms with van der Waals surface area (Å²) in [4.78, 5) is 2.26. The van der Waals surface area contributed by atoms with Crippen molar-refractivity contribution >= 4 is 10.0 Å². The molecule has 2 aliphatic rings. The molecule has 21 heavy (non-hydrogen) atoms. The minimum absolute atomic E-state index is 0.0912. The van der Waals surface area contributed by atoms with Gasteiger partial charge in [0.15, 0.2) is 0 Å². The summed E-state index contributed by atoms with van der Waals surface area (Å²) in [6.45, 7) is 3.29. The molecule has 1 aromatic rings. The summed E-state index contributed by atoms with van der Waals surface area (Å²) in [5.41, 5.74) is 0. The van der Waals surface area contributed by atoms with Gasteiger partial charge in [-0.05, 0) is 27.4 Å². The lowest BCUT2D eigenvalue weighted by Crippen LogP contribution is -2.69. The van der Waals surface area contributed by atoms with E-state index < -0.39 is 10.0 Å². The molecule has 1 N–H and O–H groups in total. The van der Waals surface area contributed by atoms with E-state index in [4.69, 9.17) is 4.74 Å². The predicted molar refractivity (Wildman–Crippen MR) is 77.3 cm³/mol. The van der Waals surface area contributed by atoms with E-state index >= 15 is 0 Å². The van der Waals surface area contributed by atoms with Gasteiger partial charge in [0.1, 0.15) is 4.90 Å². The Hall–Kier alpha value is -0.960. The molecule has 0 amide bonds. The van der Waals surface area contributed by atoms with Crippen molar-refractivity contribution < 1.29 is 13.2 Å². The van der Waals surface area contributed by atoms with Crippen LogP contribution in [0.5, 0.6) is 0 Å². The van der Waals surface area contributed by atoms with E-state index in [2.05, 4.69) is 9.82 Å². The summed E-state index contributed by atoms with van der Waals surface area (Å²) in [6.07, 6.45) is 4.02. The Morgan fingerprint density at radius 2 is 2.29 bits per heavy atom. The zero-order chi connectivity index (χ0) is 15.2. The maximum atomic E-state index is 12.5. The maximum Gasteiger partial charge on any atom is 0.244 e. The zero-order valence-electron chi connectivity index (χ0n) is 12.6. The summed E-state index contributed by atoms with van der Waals surface area (Å²) in [6, 6.07) is -0.00373. The number of hydrogen-bond acceptors (Lipinski definition) is 5. The number of ether oxygens (including phenoxy) is 1. The molecule has 2 fully saturated rings. The first-order valence-corrected chi connectivity index (χ1v) is 8.75. The second kappa shape index (κ2) is 5.35. The Morgan fingerprint density at radius 3 is 2.90 bits per heavy atom. The molecular formula is C13H22N4O3S. The van der Waals surface area contributed by atoms with Gasteiger partial charge in [-0.1, -0.05) is 0 Å². The largest absolute Gasteiger partial charge is 0.376 e.